The first-order chi connectivity index (χ1) is 18.5. The minimum absolute atomic E-state index is 0.0855. The number of nitrogens with one attached hydrogen (secondary N) is 1. The van der Waals surface area contributed by atoms with E-state index < -0.39 is 28.5 Å². The van der Waals surface area contributed by atoms with E-state index in [1.807, 2.05) is 51.1 Å². The minimum Gasteiger partial charge on any atom is -0.354 e. The topological polar surface area (TPSA) is 86.8 Å². The number of rotatable bonds is 12. The van der Waals surface area contributed by atoms with Gasteiger partial charge in [-0.25, -0.2) is 8.42 Å². The Morgan fingerprint density at radius 1 is 0.897 bits per heavy atom. The average molecular weight is 615 g/mol. The van der Waals surface area contributed by atoms with E-state index >= 15 is 0 Å². The van der Waals surface area contributed by atoms with Gasteiger partial charge in [0.2, 0.25) is 11.8 Å². The number of amides is 2. The number of halogens is 1. The van der Waals surface area contributed by atoms with Crippen LogP contribution in [0.15, 0.2) is 88.2 Å². The molecule has 2 amide bonds. The number of sulfonamides is 1. The van der Waals surface area contributed by atoms with Crippen LogP contribution in [0.4, 0.5) is 5.69 Å². The van der Waals surface area contributed by atoms with E-state index in [0.717, 1.165) is 19.9 Å². The molecule has 0 aliphatic heterocycles. The maximum absolute atomic E-state index is 13.9. The molecule has 7 nitrogen and oxygen atoms in total. The predicted molar refractivity (Wildman–Crippen MR) is 159 cm³/mol. The Balaban J connectivity index is 1.95. The molecule has 1 N–H and O–H groups in total. The summed E-state index contributed by atoms with van der Waals surface area (Å²) in [6.45, 7) is 7.84. The van der Waals surface area contributed by atoms with E-state index in [0.29, 0.717) is 18.7 Å². The Hall–Kier alpha value is -3.17. The van der Waals surface area contributed by atoms with Gasteiger partial charge < -0.3 is 10.2 Å². The highest BCUT2D eigenvalue weighted by Gasteiger charge is 2.32. The molecule has 3 aromatic carbocycles. The lowest BCUT2D eigenvalue weighted by molar-refractivity contribution is -0.138. The molecule has 0 heterocycles. The fraction of sp³-hybridized carbons (Fsp3) is 0.333. The highest BCUT2D eigenvalue weighted by atomic mass is 79.9. The van der Waals surface area contributed by atoms with Crippen LogP contribution in [0.2, 0.25) is 0 Å². The van der Waals surface area contributed by atoms with Crippen LogP contribution in [0.3, 0.4) is 0 Å². The summed E-state index contributed by atoms with van der Waals surface area (Å²) in [4.78, 5) is 28.4. The van der Waals surface area contributed by atoms with Gasteiger partial charge in [-0.3, -0.25) is 13.9 Å². The van der Waals surface area contributed by atoms with Gasteiger partial charge in [-0.05, 0) is 68.1 Å². The number of nitrogens with zero attached hydrogens (tertiary/aromatic N) is 2. The highest BCUT2D eigenvalue weighted by Crippen LogP contribution is 2.26. The fourth-order valence-corrected chi connectivity index (χ4v) is 5.67. The molecule has 0 saturated carbocycles. The summed E-state index contributed by atoms with van der Waals surface area (Å²) in [5.74, 6) is -0.486. The zero-order chi connectivity index (χ0) is 28.6. The maximum atomic E-state index is 13.9. The van der Waals surface area contributed by atoms with Crippen molar-refractivity contribution in [3.8, 4) is 0 Å². The first kappa shape index (κ1) is 30.4. The summed E-state index contributed by atoms with van der Waals surface area (Å²) in [5.41, 5.74) is 2.29. The first-order valence-corrected chi connectivity index (χ1v) is 15.2. The summed E-state index contributed by atoms with van der Waals surface area (Å²) in [6, 6.07) is 22.2. The monoisotopic (exact) mass is 613 g/mol. The smallest absolute Gasteiger partial charge is 0.264 e. The van der Waals surface area contributed by atoms with E-state index in [1.54, 1.807) is 43.3 Å². The van der Waals surface area contributed by atoms with E-state index in [4.69, 9.17) is 0 Å². The Morgan fingerprint density at radius 2 is 1.51 bits per heavy atom. The third-order valence-electron chi connectivity index (χ3n) is 6.34. The molecule has 0 spiro atoms. The molecule has 0 aromatic heterocycles. The van der Waals surface area contributed by atoms with Gasteiger partial charge in [-0.2, -0.15) is 0 Å². The zero-order valence-corrected chi connectivity index (χ0v) is 25.2. The van der Waals surface area contributed by atoms with Crippen molar-refractivity contribution in [2.45, 2.75) is 45.1 Å². The van der Waals surface area contributed by atoms with Gasteiger partial charge >= 0.3 is 0 Å². The van der Waals surface area contributed by atoms with Crippen molar-refractivity contribution in [2.75, 3.05) is 23.9 Å². The quantitative estimate of drug-likeness (QED) is 0.305. The van der Waals surface area contributed by atoms with Crippen molar-refractivity contribution < 1.29 is 18.0 Å². The molecular formula is C30H36BrN3O4S. The molecule has 3 aromatic rings. The molecule has 3 rings (SSSR count). The van der Waals surface area contributed by atoms with Crippen LogP contribution < -0.4 is 9.62 Å². The summed E-state index contributed by atoms with van der Waals surface area (Å²) in [5, 5.41) is 2.90. The Bertz CT molecular complexity index is 1350. The van der Waals surface area contributed by atoms with Gasteiger partial charge in [-0.1, -0.05) is 77.8 Å². The van der Waals surface area contributed by atoms with Gasteiger partial charge in [0.25, 0.3) is 10.0 Å². The molecule has 39 heavy (non-hydrogen) atoms. The van der Waals surface area contributed by atoms with Crippen LogP contribution in [0, 0.1) is 12.8 Å². The van der Waals surface area contributed by atoms with E-state index in [-0.39, 0.29) is 23.3 Å². The highest BCUT2D eigenvalue weighted by molar-refractivity contribution is 9.10. The standard InChI is InChI=1S/C30H36BrN3O4S/c1-22(2)20-32-30(36)24(4)33(19-18-25-8-6-5-7-9-25)29(35)21-34(27-14-12-26(31)13-15-27)39(37,38)28-16-10-23(3)11-17-28/h5-17,22,24H,18-21H2,1-4H3,(H,32,36)/t24-/m0/s1. The molecule has 0 aliphatic rings. The summed E-state index contributed by atoms with van der Waals surface area (Å²) in [7, 11) is -4.08. The van der Waals surface area contributed by atoms with Crippen LogP contribution in [0.5, 0.6) is 0 Å². The SMILES string of the molecule is Cc1ccc(S(=O)(=O)N(CC(=O)N(CCc2ccccc2)[C@@H](C)C(=O)NCC(C)C)c2ccc(Br)cc2)cc1. The van der Waals surface area contributed by atoms with Crippen LogP contribution in [-0.2, 0) is 26.0 Å². The number of carbonyl (C=O) groups is 2. The number of aryl methyl sites for hydroxylation is 1. The molecule has 0 unspecified atom stereocenters. The van der Waals surface area contributed by atoms with Gasteiger partial charge in [0.1, 0.15) is 12.6 Å². The van der Waals surface area contributed by atoms with Crippen LogP contribution in [-0.4, -0.2) is 50.8 Å². The molecule has 1 atom stereocenters. The number of hydrogen-bond acceptors (Lipinski definition) is 4. The summed E-state index contributed by atoms with van der Waals surface area (Å²) >= 11 is 3.39. The number of benzene rings is 3. The third kappa shape index (κ3) is 8.41. The zero-order valence-electron chi connectivity index (χ0n) is 22.8. The second-order valence-electron chi connectivity index (χ2n) is 9.94. The molecule has 208 valence electrons. The number of hydrogen-bond donors (Lipinski definition) is 1. The molecule has 0 fully saturated rings. The second-order valence-corrected chi connectivity index (χ2v) is 12.7. The van der Waals surface area contributed by atoms with E-state index in [1.165, 1.54) is 17.0 Å². The van der Waals surface area contributed by atoms with Gasteiger partial charge in [0.05, 0.1) is 10.6 Å². The molecule has 0 aliphatic carbocycles. The predicted octanol–water partition coefficient (Wildman–Crippen LogP) is 5.18. The summed E-state index contributed by atoms with van der Waals surface area (Å²) < 4.78 is 29.5. The third-order valence-corrected chi connectivity index (χ3v) is 8.66. The second kappa shape index (κ2) is 13.8. The lowest BCUT2D eigenvalue weighted by Gasteiger charge is -2.32. The van der Waals surface area contributed by atoms with Gasteiger partial charge in [0.15, 0.2) is 0 Å². The largest absolute Gasteiger partial charge is 0.354 e. The molecule has 0 radical (unpaired) electrons. The van der Waals surface area contributed by atoms with Crippen molar-refractivity contribution in [3.05, 3.63) is 94.5 Å². The Morgan fingerprint density at radius 3 is 2.10 bits per heavy atom. The van der Waals surface area contributed by atoms with Gasteiger partial charge in [-0.15, -0.1) is 0 Å². The summed E-state index contributed by atoms with van der Waals surface area (Å²) in [6.07, 6.45) is 0.525. The van der Waals surface area contributed by atoms with Crippen LogP contribution in [0.1, 0.15) is 31.9 Å². The Kier molecular flexibility index (Phi) is 10.7. The van der Waals surface area contributed by atoms with Crippen molar-refractivity contribution in [1.82, 2.24) is 10.2 Å². The molecular weight excluding hydrogens is 578 g/mol. The number of anilines is 1. The molecule has 0 saturated heterocycles. The minimum atomic E-state index is -4.08. The van der Waals surface area contributed by atoms with Crippen molar-refractivity contribution in [3.63, 3.8) is 0 Å². The lowest BCUT2D eigenvalue weighted by Crippen LogP contribution is -2.52. The number of carbonyl (C=O) groups excluding carboxylic acids is 2. The lowest BCUT2D eigenvalue weighted by atomic mass is 10.1. The normalized spacial score (nSPS) is 12.2. The van der Waals surface area contributed by atoms with Crippen LogP contribution >= 0.6 is 15.9 Å². The van der Waals surface area contributed by atoms with Crippen molar-refractivity contribution >= 4 is 43.5 Å². The Labute approximate surface area is 240 Å². The average Bonchev–Trinajstić information content (AvgIpc) is 2.91. The fourth-order valence-electron chi connectivity index (χ4n) is 4.00. The van der Waals surface area contributed by atoms with Crippen molar-refractivity contribution in [2.24, 2.45) is 5.92 Å². The van der Waals surface area contributed by atoms with E-state index in [2.05, 4.69) is 21.2 Å². The molecule has 9 heteroatoms. The van der Waals surface area contributed by atoms with Crippen LogP contribution in [0.25, 0.3) is 0 Å². The molecule has 0 bridgehead atoms. The first-order valence-electron chi connectivity index (χ1n) is 12.9. The van der Waals surface area contributed by atoms with Crippen molar-refractivity contribution in [1.29, 1.82) is 0 Å². The van der Waals surface area contributed by atoms with E-state index in [9.17, 15) is 18.0 Å². The maximum Gasteiger partial charge on any atom is 0.264 e. The van der Waals surface area contributed by atoms with Gasteiger partial charge in [0, 0.05) is 17.6 Å².